The summed E-state index contributed by atoms with van der Waals surface area (Å²) >= 11 is 0. The van der Waals surface area contributed by atoms with Crippen LogP contribution in [0, 0.1) is 5.92 Å². The normalized spacial score (nSPS) is 13.4. The first-order chi connectivity index (χ1) is 6.81. The van der Waals surface area contributed by atoms with Gasteiger partial charge in [0.05, 0.1) is 19.4 Å². The Hall–Kier alpha value is -0.650. The molecule has 0 bridgehead atoms. The molecule has 0 fully saturated rings. The van der Waals surface area contributed by atoms with Crippen molar-refractivity contribution in [2.75, 3.05) is 26.9 Å². The zero-order valence-corrected chi connectivity index (χ0v) is 8.94. The molecule has 0 saturated heterocycles. The van der Waals surface area contributed by atoms with Crippen LogP contribution in [0.5, 0.6) is 0 Å². The molecule has 1 atom stereocenters. The SMILES string of the molecule is COCC=NOCCC(C)CCON. The number of methoxy groups -OCH3 is 1. The molecule has 1 unspecified atom stereocenters. The highest BCUT2D eigenvalue weighted by molar-refractivity contribution is 5.57. The first-order valence-electron chi connectivity index (χ1n) is 4.75. The van der Waals surface area contributed by atoms with Crippen LogP contribution in [0.2, 0.25) is 0 Å². The number of hydrogen-bond acceptors (Lipinski definition) is 5. The number of ether oxygens (including phenoxy) is 1. The fourth-order valence-electron chi connectivity index (χ4n) is 0.878. The van der Waals surface area contributed by atoms with Gasteiger partial charge in [0.1, 0.15) is 6.61 Å². The zero-order chi connectivity index (χ0) is 10.6. The lowest BCUT2D eigenvalue weighted by Crippen LogP contribution is -2.07. The van der Waals surface area contributed by atoms with Crippen molar-refractivity contribution in [1.29, 1.82) is 0 Å². The molecule has 0 spiro atoms. The van der Waals surface area contributed by atoms with Gasteiger partial charge in [0, 0.05) is 7.11 Å². The van der Waals surface area contributed by atoms with Crippen molar-refractivity contribution in [3.05, 3.63) is 0 Å². The minimum Gasteiger partial charge on any atom is -0.396 e. The van der Waals surface area contributed by atoms with Crippen molar-refractivity contribution in [2.24, 2.45) is 17.0 Å². The van der Waals surface area contributed by atoms with E-state index < -0.39 is 0 Å². The van der Waals surface area contributed by atoms with Crippen LogP contribution in [0.15, 0.2) is 5.16 Å². The average Bonchev–Trinajstić information content (AvgIpc) is 2.20. The highest BCUT2D eigenvalue weighted by Gasteiger charge is 2.01. The number of nitrogens with zero attached hydrogens (tertiary/aromatic N) is 1. The van der Waals surface area contributed by atoms with E-state index in [0.717, 1.165) is 12.8 Å². The smallest absolute Gasteiger partial charge is 0.117 e. The summed E-state index contributed by atoms with van der Waals surface area (Å²) in [7, 11) is 1.61. The summed E-state index contributed by atoms with van der Waals surface area (Å²) in [6, 6.07) is 0. The Labute approximate surface area is 85.1 Å². The minimum atomic E-state index is 0.483. The van der Waals surface area contributed by atoms with Gasteiger partial charge < -0.3 is 14.4 Å². The molecule has 0 aliphatic rings. The number of oxime groups is 1. The van der Waals surface area contributed by atoms with Crippen LogP contribution in [-0.4, -0.2) is 33.1 Å². The molecule has 0 aromatic heterocycles. The summed E-state index contributed by atoms with van der Waals surface area (Å²) in [6.45, 7) is 3.82. The summed E-state index contributed by atoms with van der Waals surface area (Å²) in [5.74, 6) is 5.46. The van der Waals surface area contributed by atoms with Crippen LogP contribution in [-0.2, 0) is 14.4 Å². The molecule has 0 amide bonds. The molecule has 0 radical (unpaired) electrons. The third-order valence-electron chi connectivity index (χ3n) is 1.82. The van der Waals surface area contributed by atoms with E-state index in [1.807, 2.05) is 0 Å². The van der Waals surface area contributed by atoms with Gasteiger partial charge in [-0.05, 0) is 18.8 Å². The van der Waals surface area contributed by atoms with E-state index in [1.165, 1.54) is 0 Å². The predicted octanol–water partition coefficient (Wildman–Crippen LogP) is 0.942. The summed E-state index contributed by atoms with van der Waals surface area (Å²) in [4.78, 5) is 9.49. The Morgan fingerprint density at radius 1 is 1.36 bits per heavy atom. The topological polar surface area (TPSA) is 66.1 Å². The monoisotopic (exact) mass is 204 g/mol. The molecule has 0 aromatic carbocycles. The second-order valence-corrected chi connectivity index (χ2v) is 3.13. The van der Waals surface area contributed by atoms with Crippen molar-refractivity contribution in [2.45, 2.75) is 19.8 Å². The van der Waals surface area contributed by atoms with E-state index in [0.29, 0.717) is 25.7 Å². The van der Waals surface area contributed by atoms with Gasteiger partial charge in [-0.2, -0.15) is 0 Å². The predicted molar refractivity (Wildman–Crippen MR) is 54.9 cm³/mol. The van der Waals surface area contributed by atoms with Crippen LogP contribution in [0.3, 0.4) is 0 Å². The van der Waals surface area contributed by atoms with Gasteiger partial charge in [0.2, 0.25) is 0 Å². The van der Waals surface area contributed by atoms with E-state index in [4.69, 9.17) is 15.5 Å². The van der Waals surface area contributed by atoms with Crippen molar-refractivity contribution in [1.82, 2.24) is 0 Å². The Morgan fingerprint density at radius 2 is 2.07 bits per heavy atom. The highest BCUT2D eigenvalue weighted by Crippen LogP contribution is 2.06. The molecule has 84 valence electrons. The maximum absolute atomic E-state index is 5.00. The maximum Gasteiger partial charge on any atom is 0.117 e. The van der Waals surface area contributed by atoms with Crippen LogP contribution in [0.1, 0.15) is 19.8 Å². The minimum absolute atomic E-state index is 0.483. The van der Waals surface area contributed by atoms with E-state index in [-0.39, 0.29) is 0 Å². The van der Waals surface area contributed by atoms with Crippen molar-refractivity contribution in [3.63, 3.8) is 0 Å². The van der Waals surface area contributed by atoms with Crippen LogP contribution < -0.4 is 5.90 Å². The third kappa shape index (κ3) is 9.44. The van der Waals surface area contributed by atoms with Crippen molar-refractivity contribution in [3.8, 4) is 0 Å². The quantitative estimate of drug-likeness (QED) is 0.345. The van der Waals surface area contributed by atoms with Crippen LogP contribution in [0.25, 0.3) is 0 Å². The number of hydrogen-bond donors (Lipinski definition) is 1. The van der Waals surface area contributed by atoms with Gasteiger partial charge in [-0.25, -0.2) is 5.90 Å². The molecule has 0 aliphatic heterocycles. The van der Waals surface area contributed by atoms with Gasteiger partial charge in [0.15, 0.2) is 0 Å². The fraction of sp³-hybridized carbons (Fsp3) is 0.889. The molecular weight excluding hydrogens is 184 g/mol. The first-order valence-corrected chi connectivity index (χ1v) is 4.75. The number of rotatable bonds is 9. The summed E-state index contributed by atoms with van der Waals surface area (Å²) in [5, 5.41) is 3.71. The summed E-state index contributed by atoms with van der Waals surface area (Å²) < 4.78 is 4.76. The molecule has 0 saturated carbocycles. The summed E-state index contributed by atoms with van der Waals surface area (Å²) in [6.07, 6.45) is 3.49. The molecule has 0 aromatic rings. The zero-order valence-electron chi connectivity index (χ0n) is 8.94. The standard InChI is InChI=1S/C9H20N2O3/c1-9(3-6-13-10)4-7-14-11-5-8-12-2/h5,9H,3-4,6-8,10H2,1-2H3. The van der Waals surface area contributed by atoms with Crippen LogP contribution >= 0.6 is 0 Å². The van der Waals surface area contributed by atoms with Gasteiger partial charge in [0.25, 0.3) is 0 Å². The summed E-state index contributed by atoms with van der Waals surface area (Å²) in [5.41, 5.74) is 0. The van der Waals surface area contributed by atoms with Crippen molar-refractivity contribution < 1.29 is 14.4 Å². The van der Waals surface area contributed by atoms with E-state index in [2.05, 4.69) is 16.9 Å². The Bertz CT molecular complexity index is 142. The maximum atomic E-state index is 5.00. The largest absolute Gasteiger partial charge is 0.396 e. The first kappa shape index (κ1) is 13.4. The molecular formula is C9H20N2O3. The molecule has 0 heterocycles. The average molecular weight is 204 g/mol. The Kier molecular flexibility index (Phi) is 9.95. The van der Waals surface area contributed by atoms with Crippen LogP contribution in [0.4, 0.5) is 0 Å². The van der Waals surface area contributed by atoms with Crippen molar-refractivity contribution >= 4 is 6.21 Å². The van der Waals surface area contributed by atoms with E-state index >= 15 is 0 Å². The van der Waals surface area contributed by atoms with Gasteiger partial charge in [-0.1, -0.05) is 12.1 Å². The molecule has 5 heteroatoms. The Morgan fingerprint density at radius 3 is 2.71 bits per heavy atom. The lowest BCUT2D eigenvalue weighted by molar-refractivity contribution is 0.103. The molecule has 0 rings (SSSR count). The third-order valence-corrected chi connectivity index (χ3v) is 1.82. The van der Waals surface area contributed by atoms with Gasteiger partial charge in [-0.3, -0.25) is 0 Å². The second kappa shape index (κ2) is 10.4. The molecule has 0 aliphatic carbocycles. The second-order valence-electron chi connectivity index (χ2n) is 3.13. The molecule has 5 nitrogen and oxygen atoms in total. The fourth-order valence-corrected chi connectivity index (χ4v) is 0.878. The molecule has 2 N–H and O–H groups in total. The Balaban J connectivity index is 3.18. The molecule has 14 heavy (non-hydrogen) atoms. The van der Waals surface area contributed by atoms with Gasteiger partial charge >= 0.3 is 0 Å². The van der Waals surface area contributed by atoms with Gasteiger partial charge in [-0.15, -0.1) is 0 Å². The van der Waals surface area contributed by atoms with E-state index in [1.54, 1.807) is 13.3 Å². The lowest BCUT2D eigenvalue weighted by Gasteiger charge is -2.08. The number of nitrogens with two attached hydrogens (primary N) is 1. The lowest BCUT2D eigenvalue weighted by atomic mass is 10.1. The van der Waals surface area contributed by atoms with E-state index in [9.17, 15) is 0 Å². The highest BCUT2D eigenvalue weighted by atomic mass is 16.6.